The van der Waals surface area contributed by atoms with Gasteiger partial charge >= 0.3 is 12.1 Å². The van der Waals surface area contributed by atoms with Gasteiger partial charge in [-0.2, -0.15) is 13.2 Å². The number of alkyl halides is 3. The zero-order valence-corrected chi connectivity index (χ0v) is 10.3. The van der Waals surface area contributed by atoms with Crippen molar-refractivity contribution in [3.63, 3.8) is 0 Å². The van der Waals surface area contributed by atoms with E-state index in [9.17, 15) is 22.8 Å². The van der Waals surface area contributed by atoms with Gasteiger partial charge in [0.1, 0.15) is 0 Å². The molecular formula is C12H12F3NO3. The van der Waals surface area contributed by atoms with Crippen LogP contribution in [0.2, 0.25) is 0 Å². The second-order valence-electron chi connectivity index (χ2n) is 3.78. The van der Waals surface area contributed by atoms with Crippen LogP contribution in [0.15, 0.2) is 34.8 Å². The van der Waals surface area contributed by atoms with Crippen molar-refractivity contribution in [2.45, 2.75) is 19.6 Å². The molecule has 0 saturated heterocycles. The highest BCUT2D eigenvalue weighted by Gasteiger charge is 2.30. The maximum atomic E-state index is 12.5. The van der Waals surface area contributed by atoms with Crippen LogP contribution in [0.25, 0.3) is 0 Å². The second-order valence-corrected chi connectivity index (χ2v) is 3.78. The van der Waals surface area contributed by atoms with Crippen LogP contribution in [0.3, 0.4) is 0 Å². The van der Waals surface area contributed by atoms with E-state index in [1.807, 2.05) is 0 Å². The van der Waals surface area contributed by atoms with E-state index in [1.165, 1.54) is 20.1 Å². The van der Waals surface area contributed by atoms with Gasteiger partial charge in [-0.3, -0.25) is 4.79 Å². The summed E-state index contributed by atoms with van der Waals surface area (Å²) in [5, 5.41) is 0. The lowest BCUT2D eigenvalue weighted by atomic mass is 10.2. The number of carbonyl (C=O) groups is 1. The van der Waals surface area contributed by atoms with Crippen molar-refractivity contribution in [1.82, 2.24) is 4.57 Å². The first kappa shape index (κ1) is 15.0. The Bertz CT molecular complexity index is 558. The van der Waals surface area contributed by atoms with Crippen molar-refractivity contribution in [3.8, 4) is 0 Å². The first-order valence-corrected chi connectivity index (χ1v) is 5.28. The minimum atomic E-state index is -4.52. The van der Waals surface area contributed by atoms with Gasteiger partial charge in [-0.25, -0.2) is 4.79 Å². The zero-order valence-electron chi connectivity index (χ0n) is 10.3. The van der Waals surface area contributed by atoms with Gasteiger partial charge in [-0.1, -0.05) is 6.08 Å². The fraction of sp³-hybridized carbons (Fsp3) is 0.333. The minimum Gasteiger partial charge on any atom is -0.466 e. The van der Waals surface area contributed by atoms with E-state index in [4.69, 9.17) is 0 Å². The molecule has 0 saturated carbocycles. The van der Waals surface area contributed by atoms with E-state index < -0.39 is 23.3 Å². The lowest BCUT2D eigenvalue weighted by Crippen LogP contribution is -2.21. The molecule has 0 amide bonds. The van der Waals surface area contributed by atoms with E-state index in [0.717, 1.165) is 16.7 Å². The highest BCUT2D eigenvalue weighted by Crippen LogP contribution is 2.27. The number of ether oxygens (including phenoxy) is 1. The maximum Gasteiger partial charge on any atom is 0.417 e. The van der Waals surface area contributed by atoms with Crippen LogP contribution in [0, 0.1) is 0 Å². The standard InChI is InChI=1S/C12H12F3NO3/c1-8(11(18)19-2)5-6-16-7-9(12(13,14)15)3-4-10(16)17/h3-5,7H,6H2,1-2H3. The Morgan fingerprint density at radius 2 is 2.05 bits per heavy atom. The molecule has 0 aliphatic carbocycles. The summed E-state index contributed by atoms with van der Waals surface area (Å²) in [6, 6.07) is 1.56. The summed E-state index contributed by atoms with van der Waals surface area (Å²) >= 11 is 0. The number of halogens is 3. The molecule has 1 aromatic heterocycles. The summed E-state index contributed by atoms with van der Waals surface area (Å²) in [7, 11) is 1.19. The van der Waals surface area contributed by atoms with Crippen LogP contribution in [0.1, 0.15) is 12.5 Å². The third-order valence-electron chi connectivity index (χ3n) is 2.41. The number of nitrogens with zero attached hydrogens (tertiary/aromatic N) is 1. The molecule has 0 fully saturated rings. The second kappa shape index (κ2) is 5.73. The van der Waals surface area contributed by atoms with Crippen LogP contribution in [-0.2, 0) is 22.3 Å². The maximum absolute atomic E-state index is 12.5. The number of pyridine rings is 1. The van der Waals surface area contributed by atoms with Crippen LogP contribution < -0.4 is 5.56 Å². The minimum absolute atomic E-state index is 0.135. The first-order valence-electron chi connectivity index (χ1n) is 5.28. The smallest absolute Gasteiger partial charge is 0.417 e. The Balaban J connectivity index is 3.02. The Labute approximate surface area is 107 Å². The third-order valence-corrected chi connectivity index (χ3v) is 2.41. The van der Waals surface area contributed by atoms with Gasteiger partial charge in [0.2, 0.25) is 0 Å². The average Bonchev–Trinajstić information content (AvgIpc) is 2.35. The Kier molecular flexibility index (Phi) is 4.52. The molecule has 0 unspecified atom stereocenters. The molecule has 1 heterocycles. The highest BCUT2D eigenvalue weighted by molar-refractivity contribution is 5.87. The van der Waals surface area contributed by atoms with Gasteiger partial charge in [-0.15, -0.1) is 0 Å². The van der Waals surface area contributed by atoms with Crippen LogP contribution in [-0.4, -0.2) is 17.6 Å². The van der Waals surface area contributed by atoms with Crippen molar-refractivity contribution < 1.29 is 22.7 Å². The number of hydrogen-bond donors (Lipinski definition) is 0. The normalized spacial score (nSPS) is 12.4. The molecule has 1 aromatic rings. The fourth-order valence-corrected chi connectivity index (χ4v) is 1.32. The summed E-state index contributed by atoms with van der Waals surface area (Å²) in [4.78, 5) is 22.5. The molecular weight excluding hydrogens is 263 g/mol. The topological polar surface area (TPSA) is 48.3 Å². The van der Waals surface area contributed by atoms with Gasteiger partial charge in [0, 0.05) is 24.4 Å². The molecule has 0 bridgehead atoms. The van der Waals surface area contributed by atoms with Gasteiger partial charge in [0.25, 0.3) is 5.56 Å². The predicted molar refractivity (Wildman–Crippen MR) is 61.5 cm³/mol. The van der Waals surface area contributed by atoms with E-state index >= 15 is 0 Å². The number of aromatic nitrogens is 1. The lowest BCUT2D eigenvalue weighted by molar-refractivity contribution is -0.138. The molecule has 19 heavy (non-hydrogen) atoms. The van der Waals surface area contributed by atoms with Crippen molar-refractivity contribution in [2.75, 3.05) is 7.11 Å². The quantitative estimate of drug-likeness (QED) is 0.626. The molecule has 4 nitrogen and oxygen atoms in total. The molecule has 0 atom stereocenters. The fourth-order valence-electron chi connectivity index (χ4n) is 1.32. The van der Waals surface area contributed by atoms with Gasteiger partial charge in [0.15, 0.2) is 0 Å². The number of carbonyl (C=O) groups excluding carboxylic acids is 1. The molecule has 0 spiro atoms. The summed E-state index contributed by atoms with van der Waals surface area (Å²) in [6.45, 7) is 1.31. The lowest BCUT2D eigenvalue weighted by Gasteiger charge is -2.09. The number of esters is 1. The SMILES string of the molecule is COC(=O)C(C)=CCn1cc(C(F)(F)F)ccc1=O. The average molecular weight is 275 g/mol. The van der Waals surface area contributed by atoms with Gasteiger partial charge in [0.05, 0.1) is 12.7 Å². The highest BCUT2D eigenvalue weighted by atomic mass is 19.4. The van der Waals surface area contributed by atoms with Crippen molar-refractivity contribution in [1.29, 1.82) is 0 Å². The Morgan fingerprint density at radius 1 is 1.42 bits per heavy atom. The summed E-state index contributed by atoms with van der Waals surface area (Å²) in [6.07, 6.45) is -2.48. The number of rotatable bonds is 3. The molecule has 1 rings (SSSR count). The largest absolute Gasteiger partial charge is 0.466 e. The van der Waals surface area contributed by atoms with Crippen molar-refractivity contribution in [2.24, 2.45) is 0 Å². The van der Waals surface area contributed by atoms with E-state index in [2.05, 4.69) is 4.74 Å². The Hall–Kier alpha value is -2.05. The Morgan fingerprint density at radius 3 is 2.58 bits per heavy atom. The molecule has 7 heteroatoms. The molecule has 0 N–H and O–H groups in total. The van der Waals surface area contributed by atoms with E-state index in [-0.39, 0.29) is 12.1 Å². The van der Waals surface area contributed by atoms with Crippen LogP contribution in [0.5, 0.6) is 0 Å². The van der Waals surface area contributed by atoms with Crippen LogP contribution >= 0.6 is 0 Å². The van der Waals surface area contributed by atoms with Crippen molar-refractivity contribution >= 4 is 5.97 Å². The third kappa shape index (κ3) is 3.97. The van der Waals surface area contributed by atoms with E-state index in [1.54, 1.807) is 0 Å². The molecule has 104 valence electrons. The van der Waals surface area contributed by atoms with Gasteiger partial charge in [-0.05, 0) is 13.0 Å². The number of allylic oxidation sites excluding steroid dienone is 1. The first-order chi connectivity index (χ1) is 8.75. The van der Waals surface area contributed by atoms with Gasteiger partial charge < -0.3 is 9.30 Å². The molecule has 0 aliphatic rings. The molecule has 0 radical (unpaired) electrons. The molecule has 0 aliphatic heterocycles. The number of methoxy groups -OCH3 is 1. The number of hydrogen-bond acceptors (Lipinski definition) is 3. The zero-order chi connectivity index (χ0) is 14.6. The summed E-state index contributed by atoms with van der Waals surface area (Å²) in [5.74, 6) is -0.597. The monoisotopic (exact) mass is 275 g/mol. The van der Waals surface area contributed by atoms with Crippen LogP contribution in [0.4, 0.5) is 13.2 Å². The van der Waals surface area contributed by atoms with Crippen molar-refractivity contribution in [3.05, 3.63) is 45.9 Å². The summed E-state index contributed by atoms with van der Waals surface area (Å²) in [5.41, 5.74) is -1.29. The van der Waals surface area contributed by atoms with E-state index in [0.29, 0.717) is 6.20 Å². The molecule has 0 aromatic carbocycles. The summed E-state index contributed by atoms with van der Waals surface area (Å²) < 4.78 is 42.7. The predicted octanol–water partition coefficient (Wildman–Crippen LogP) is 1.99.